The summed E-state index contributed by atoms with van der Waals surface area (Å²) in [7, 11) is 0. The molecule has 1 heterocycles. The predicted molar refractivity (Wildman–Crippen MR) is 94.7 cm³/mol. The van der Waals surface area contributed by atoms with E-state index in [4.69, 9.17) is 9.73 Å². The van der Waals surface area contributed by atoms with Gasteiger partial charge >= 0.3 is 0 Å². The molecule has 23 heavy (non-hydrogen) atoms. The first-order valence-electron chi connectivity index (χ1n) is 8.67. The van der Waals surface area contributed by atoms with Crippen LogP contribution in [0.5, 0.6) is 5.75 Å². The molecule has 1 aromatic rings. The Kier molecular flexibility index (Phi) is 6.20. The van der Waals surface area contributed by atoms with E-state index >= 15 is 0 Å². The van der Waals surface area contributed by atoms with Crippen molar-refractivity contribution in [3.63, 3.8) is 0 Å². The Hall–Kier alpha value is -1.84. The molecule has 1 N–H and O–H groups in total. The van der Waals surface area contributed by atoms with Crippen molar-refractivity contribution in [2.75, 3.05) is 6.54 Å². The molecule has 1 amide bonds. The van der Waals surface area contributed by atoms with Gasteiger partial charge in [0.05, 0.1) is 5.69 Å². The summed E-state index contributed by atoms with van der Waals surface area (Å²) in [4.78, 5) is 16.6. The highest BCUT2D eigenvalue weighted by atomic mass is 16.5. The first-order valence-corrected chi connectivity index (χ1v) is 8.67. The number of aryl methyl sites for hydroxylation is 1. The topological polar surface area (TPSA) is 50.7 Å². The van der Waals surface area contributed by atoms with Crippen LogP contribution in [0.15, 0.2) is 23.2 Å². The molecule has 0 aromatic heterocycles. The maximum Gasteiger partial charge on any atom is 0.260 e. The summed E-state index contributed by atoms with van der Waals surface area (Å²) >= 11 is 0. The Morgan fingerprint density at radius 2 is 2.22 bits per heavy atom. The van der Waals surface area contributed by atoms with Gasteiger partial charge in [-0.15, -0.1) is 0 Å². The van der Waals surface area contributed by atoms with Gasteiger partial charge in [-0.05, 0) is 69.7 Å². The number of rotatable bonds is 6. The summed E-state index contributed by atoms with van der Waals surface area (Å²) < 4.78 is 5.78. The molecule has 2 atom stereocenters. The third-order valence-corrected chi connectivity index (χ3v) is 4.37. The molecule has 1 aliphatic heterocycles. The summed E-state index contributed by atoms with van der Waals surface area (Å²) in [6, 6.07) is 5.95. The van der Waals surface area contributed by atoms with Crippen molar-refractivity contribution in [3.05, 3.63) is 23.8 Å². The first kappa shape index (κ1) is 17.5. The van der Waals surface area contributed by atoms with Crippen LogP contribution in [0.3, 0.4) is 0 Å². The average Bonchev–Trinajstić information content (AvgIpc) is 2.67. The van der Waals surface area contributed by atoms with Crippen LogP contribution in [0, 0.1) is 5.92 Å². The number of benzene rings is 1. The number of nitrogens with one attached hydrogen (secondary N) is 1. The number of fused-ring (bicyclic) bond motifs is 1. The number of likely N-dealkylation sites (N-methyl/N-ethyl adjacent to an activating group) is 1. The minimum atomic E-state index is -0.489. The highest BCUT2D eigenvalue weighted by Gasteiger charge is 2.19. The molecule has 0 bridgehead atoms. The Labute approximate surface area is 139 Å². The van der Waals surface area contributed by atoms with E-state index < -0.39 is 6.10 Å². The quantitative estimate of drug-likeness (QED) is 0.861. The third kappa shape index (κ3) is 4.57. The summed E-state index contributed by atoms with van der Waals surface area (Å²) in [6.07, 6.45) is 4.03. The Morgan fingerprint density at radius 1 is 1.43 bits per heavy atom. The van der Waals surface area contributed by atoms with Crippen LogP contribution in [0.4, 0.5) is 5.69 Å². The van der Waals surface area contributed by atoms with Crippen molar-refractivity contribution in [2.24, 2.45) is 10.9 Å². The van der Waals surface area contributed by atoms with Crippen molar-refractivity contribution in [1.82, 2.24) is 5.32 Å². The van der Waals surface area contributed by atoms with Gasteiger partial charge in [-0.3, -0.25) is 9.79 Å². The third-order valence-electron chi connectivity index (χ3n) is 4.37. The van der Waals surface area contributed by atoms with E-state index in [0.29, 0.717) is 12.5 Å². The van der Waals surface area contributed by atoms with Gasteiger partial charge < -0.3 is 10.1 Å². The largest absolute Gasteiger partial charge is 0.481 e. The van der Waals surface area contributed by atoms with Crippen LogP contribution in [-0.2, 0) is 11.2 Å². The molecule has 0 saturated heterocycles. The fourth-order valence-electron chi connectivity index (χ4n) is 3.04. The second-order valence-corrected chi connectivity index (χ2v) is 6.22. The molecule has 126 valence electrons. The molecule has 2 rings (SSSR count). The van der Waals surface area contributed by atoms with Crippen molar-refractivity contribution < 1.29 is 9.53 Å². The zero-order valence-electron chi connectivity index (χ0n) is 14.7. The molecule has 0 radical (unpaired) electrons. The molecular weight excluding hydrogens is 288 g/mol. The molecule has 0 fully saturated rings. The standard InChI is InChI=1S/C19H28N2O2/c1-5-7-15-8-9-16-12-17(10-11-18(16)21-13(15)3)23-14(4)19(22)20-6-2/h10-12,14-15H,5-9H2,1-4H3,(H,20,22)/t14-,15?/m1/s1. The lowest BCUT2D eigenvalue weighted by Crippen LogP contribution is -2.36. The minimum absolute atomic E-state index is 0.0840. The lowest BCUT2D eigenvalue weighted by Gasteiger charge is -2.15. The fourth-order valence-corrected chi connectivity index (χ4v) is 3.04. The van der Waals surface area contributed by atoms with Gasteiger partial charge in [-0.25, -0.2) is 0 Å². The van der Waals surface area contributed by atoms with Crippen molar-refractivity contribution >= 4 is 17.3 Å². The highest BCUT2D eigenvalue weighted by molar-refractivity contribution is 5.88. The normalized spacial score (nSPS) is 18.4. The van der Waals surface area contributed by atoms with Crippen LogP contribution in [-0.4, -0.2) is 24.3 Å². The van der Waals surface area contributed by atoms with Gasteiger partial charge in [-0.2, -0.15) is 0 Å². The Morgan fingerprint density at radius 3 is 2.91 bits per heavy atom. The SMILES string of the molecule is CCCC1CCc2cc(O[C@H](C)C(=O)NCC)ccc2N=C1C. The summed E-state index contributed by atoms with van der Waals surface area (Å²) in [6.45, 7) is 8.65. The van der Waals surface area contributed by atoms with Crippen LogP contribution in [0.25, 0.3) is 0 Å². The Bertz CT molecular complexity index is 581. The number of hydrogen-bond donors (Lipinski definition) is 1. The average molecular weight is 316 g/mol. The molecule has 0 saturated carbocycles. The zero-order valence-corrected chi connectivity index (χ0v) is 14.7. The van der Waals surface area contributed by atoms with Gasteiger partial charge in [0.15, 0.2) is 6.10 Å². The van der Waals surface area contributed by atoms with Gasteiger partial charge in [0.1, 0.15) is 5.75 Å². The van der Waals surface area contributed by atoms with E-state index in [1.54, 1.807) is 6.92 Å². The van der Waals surface area contributed by atoms with Gasteiger partial charge in [0.2, 0.25) is 0 Å². The van der Waals surface area contributed by atoms with Crippen molar-refractivity contribution in [3.8, 4) is 5.75 Å². The highest BCUT2D eigenvalue weighted by Crippen LogP contribution is 2.32. The van der Waals surface area contributed by atoms with E-state index in [1.807, 2.05) is 25.1 Å². The van der Waals surface area contributed by atoms with Gasteiger partial charge in [0, 0.05) is 12.3 Å². The van der Waals surface area contributed by atoms with Gasteiger partial charge in [-0.1, -0.05) is 13.3 Å². The van der Waals surface area contributed by atoms with Crippen LogP contribution in [0.2, 0.25) is 0 Å². The Balaban J connectivity index is 2.12. The maximum absolute atomic E-state index is 11.8. The second-order valence-electron chi connectivity index (χ2n) is 6.22. The molecule has 4 nitrogen and oxygen atoms in total. The molecular formula is C19H28N2O2. The monoisotopic (exact) mass is 316 g/mol. The van der Waals surface area contributed by atoms with Gasteiger partial charge in [0.25, 0.3) is 5.91 Å². The van der Waals surface area contributed by atoms with E-state index in [1.165, 1.54) is 24.1 Å². The van der Waals surface area contributed by atoms with Crippen molar-refractivity contribution in [2.45, 2.75) is 59.5 Å². The number of amides is 1. The van der Waals surface area contributed by atoms with Crippen LogP contribution < -0.4 is 10.1 Å². The molecule has 0 spiro atoms. The number of carbonyl (C=O) groups excluding carboxylic acids is 1. The lowest BCUT2D eigenvalue weighted by atomic mass is 9.93. The first-order chi connectivity index (χ1) is 11.0. The number of carbonyl (C=O) groups is 1. The number of nitrogens with zero attached hydrogens (tertiary/aromatic N) is 1. The van der Waals surface area contributed by atoms with Crippen LogP contribution in [0.1, 0.15) is 52.5 Å². The summed E-state index contributed by atoms with van der Waals surface area (Å²) in [5, 5.41) is 2.78. The van der Waals surface area contributed by atoms with E-state index in [0.717, 1.165) is 24.3 Å². The van der Waals surface area contributed by atoms with E-state index in [9.17, 15) is 4.79 Å². The number of hydrogen-bond acceptors (Lipinski definition) is 3. The van der Waals surface area contributed by atoms with E-state index in [-0.39, 0.29) is 5.91 Å². The van der Waals surface area contributed by atoms with Crippen molar-refractivity contribution in [1.29, 1.82) is 0 Å². The lowest BCUT2D eigenvalue weighted by molar-refractivity contribution is -0.127. The van der Waals surface area contributed by atoms with Crippen LogP contribution >= 0.6 is 0 Å². The zero-order chi connectivity index (χ0) is 16.8. The second kappa shape index (κ2) is 8.14. The maximum atomic E-state index is 11.8. The minimum Gasteiger partial charge on any atom is -0.481 e. The molecule has 4 heteroatoms. The predicted octanol–water partition coefficient (Wildman–Crippen LogP) is 4.04. The fraction of sp³-hybridized carbons (Fsp3) is 0.579. The molecule has 1 aromatic carbocycles. The smallest absolute Gasteiger partial charge is 0.260 e. The molecule has 1 unspecified atom stereocenters. The summed E-state index contributed by atoms with van der Waals surface area (Å²) in [5.74, 6) is 1.23. The molecule has 1 aliphatic rings. The van der Waals surface area contributed by atoms with E-state index in [2.05, 4.69) is 19.2 Å². The number of ether oxygens (including phenoxy) is 1. The number of aliphatic imine (C=N–C) groups is 1. The summed E-state index contributed by atoms with van der Waals surface area (Å²) in [5.41, 5.74) is 3.48. The molecule has 0 aliphatic carbocycles.